The van der Waals surface area contributed by atoms with Crippen LogP contribution in [0.1, 0.15) is 141 Å². The Hall–Kier alpha value is -11.4. The van der Waals surface area contributed by atoms with Crippen LogP contribution in [0.3, 0.4) is 0 Å². The summed E-state index contributed by atoms with van der Waals surface area (Å²) in [6.45, 7) is 10.6. The predicted octanol–water partition coefficient (Wildman–Crippen LogP) is 14.6. The second-order valence-electron chi connectivity index (χ2n) is 31.9. The van der Waals surface area contributed by atoms with Crippen molar-refractivity contribution in [2.24, 2.45) is 23.7 Å². The van der Waals surface area contributed by atoms with Crippen LogP contribution < -0.4 is 18.9 Å². The van der Waals surface area contributed by atoms with E-state index in [1.165, 1.54) is 9.59 Å². The average Bonchev–Trinajstić information content (AvgIpc) is 1.70. The van der Waals surface area contributed by atoms with Gasteiger partial charge in [-0.25, -0.2) is 54.8 Å². The summed E-state index contributed by atoms with van der Waals surface area (Å²) in [5.41, 5.74) is 7.07. The highest BCUT2D eigenvalue weighted by Crippen LogP contribution is 2.44. The number of amides is 4. The third-order valence-electron chi connectivity index (χ3n) is 23.6. The van der Waals surface area contributed by atoms with Crippen molar-refractivity contribution in [2.75, 3.05) is 26.2 Å². The van der Waals surface area contributed by atoms with Gasteiger partial charge in [-0.1, -0.05) is 0 Å². The molecule has 4 aliphatic carbocycles. The zero-order chi connectivity index (χ0) is 84.1. The first-order valence-corrected chi connectivity index (χ1v) is 44.0. The van der Waals surface area contributed by atoms with Crippen molar-refractivity contribution in [1.29, 1.82) is 0 Å². The first kappa shape index (κ1) is 82.9. The lowest BCUT2D eigenvalue weighted by atomic mass is 9.77. The van der Waals surface area contributed by atoms with E-state index >= 15 is 0 Å². The smallest absolute Gasteiger partial charge is 0.275 e. The van der Waals surface area contributed by atoms with Gasteiger partial charge in [0.2, 0.25) is 23.5 Å². The van der Waals surface area contributed by atoms with Crippen molar-refractivity contribution in [3.8, 4) is 57.9 Å². The molecule has 12 aromatic heterocycles. The number of fused-ring (bicyclic) bond motifs is 12. The fraction of sp³-hybridized carbons (Fsp3) is 0.364. The third-order valence-corrected chi connectivity index (χ3v) is 25.5. The second kappa shape index (κ2) is 37.1. The number of carbonyl (C=O) groups is 4. The highest BCUT2D eigenvalue weighted by atomic mass is 79.9. The van der Waals surface area contributed by atoms with E-state index in [1.807, 2.05) is 132 Å². The van der Waals surface area contributed by atoms with Crippen LogP contribution in [0.25, 0.3) is 34.4 Å². The van der Waals surface area contributed by atoms with Gasteiger partial charge in [0.1, 0.15) is 41.5 Å². The molecule has 0 aromatic carbocycles. The standard InChI is InChI=1S/2C23H22BrN5O2.2C21H21BrN6O2/c1-14-3-6-17(21(28-14)22-25-9-2-10-26-22)23(30)29-13-15-4-7-18(29)19(11-15)31-20-8-5-16(24)12-27-20;1-14-9-17(22-25-7-2-8-26-22)21(28-11-14)23(30)29-13-15-3-5-18(29)19(10-15)31-20-6-4-16(24)12-27-20;1-13-2-5-17(28-24-8-9-25-28)20(26-13)21(29)27-12-14-3-6-16(27)18(10-14)30-19-7-4-15(22)11-23-19;1-13-8-16(20(24-10-13)28-25-6-7-26-28)21(29)27-12-14-2-4-17(27)18(9-14)30-19-5-3-15(22)11-23-19/h2-3,5-6,8-10,12,15,18-19H,4,7,11,13H2,1H3;2,4,6-9,11-12,15,18-19H,3,5,10,13H2,1H3;2,4-5,7-9,11,14,16,18H,3,6,10,12H2,1H3;3,5-8,10-11,14,17-18H,2,4,9,12H2,1H3. The van der Waals surface area contributed by atoms with Crippen molar-refractivity contribution in [3.63, 3.8) is 0 Å². The molecule has 12 unspecified atom stereocenters. The zero-order valence-electron chi connectivity index (χ0n) is 67.2. The molecule has 0 N–H and O–H groups in total. The SMILES string of the molecule is Cc1ccc(-n2nccn2)c(C(=O)N2CC3CCC2C(Oc2ccc(Br)cn2)C3)n1.Cc1ccc(C(=O)N2CC3CCC2C(Oc2ccc(Br)cn2)C3)c(-c2ncccn2)n1.Cc1cnc(-n2nccn2)c(C(=O)N2CC3CCC2C(Oc2ccc(Br)cn2)C3)c1.Cc1cnc(C(=O)N2CC3CCC2C(Oc2ccc(Br)cn2)C3)c(-c2ncccn2)c1. The first-order chi connectivity index (χ1) is 59.3. The van der Waals surface area contributed by atoms with Gasteiger partial charge in [-0.3, -0.25) is 24.2 Å². The number of rotatable bonds is 16. The fourth-order valence-corrected chi connectivity index (χ4v) is 18.9. The molecule has 8 aliphatic heterocycles. The molecule has 20 heterocycles. The molecule has 24 rings (SSSR count). The number of carbonyl (C=O) groups excluding carboxylic acids is 4. The van der Waals surface area contributed by atoms with Crippen LogP contribution in [0, 0.1) is 51.4 Å². The summed E-state index contributed by atoms with van der Waals surface area (Å²) < 4.78 is 28.5. The number of piperidine rings is 8. The maximum absolute atomic E-state index is 13.7. The van der Waals surface area contributed by atoms with Gasteiger partial charge in [-0.05, 0) is 276 Å². The van der Waals surface area contributed by atoms with E-state index in [4.69, 9.17) is 18.9 Å². The minimum absolute atomic E-state index is 0.00408. The van der Waals surface area contributed by atoms with E-state index in [-0.39, 0.29) is 72.2 Å². The monoisotopic (exact) mass is 1890 g/mol. The molecule has 34 heteroatoms. The highest BCUT2D eigenvalue weighted by Gasteiger charge is 2.50. The number of ether oxygens (including phenoxy) is 4. The van der Waals surface area contributed by atoms with Crippen LogP contribution in [0.15, 0.2) is 202 Å². The first-order valence-electron chi connectivity index (χ1n) is 40.9. The Bertz CT molecular complexity index is 5340. The quantitative estimate of drug-likeness (QED) is 0.0867. The Morgan fingerprint density at radius 2 is 0.730 bits per heavy atom. The van der Waals surface area contributed by atoms with Crippen LogP contribution in [0.2, 0.25) is 0 Å². The van der Waals surface area contributed by atoms with Crippen molar-refractivity contribution >= 4 is 87.3 Å². The molecule has 12 aliphatic rings. The van der Waals surface area contributed by atoms with Gasteiger partial charge in [-0.15, -0.1) is 9.59 Å². The molecule has 4 saturated carbocycles. The molecule has 12 aromatic rings. The molecule has 0 spiro atoms. The number of pyridine rings is 8. The summed E-state index contributed by atoms with van der Waals surface area (Å²) >= 11 is 13.6. The lowest BCUT2D eigenvalue weighted by Crippen LogP contribution is -2.59. The van der Waals surface area contributed by atoms with Crippen LogP contribution in [-0.2, 0) is 0 Å². The molecule has 122 heavy (non-hydrogen) atoms. The minimum Gasteiger partial charge on any atom is -0.472 e. The fourth-order valence-electron chi connectivity index (χ4n) is 18.0. The number of hydrogen-bond donors (Lipinski definition) is 0. The Kier molecular flexibility index (Phi) is 25.3. The molecule has 624 valence electrons. The lowest BCUT2D eigenvalue weighted by Gasteiger charge is -2.49. The van der Waals surface area contributed by atoms with Crippen molar-refractivity contribution < 1.29 is 38.1 Å². The minimum atomic E-state index is -0.0993. The van der Waals surface area contributed by atoms with Gasteiger partial charge >= 0.3 is 0 Å². The number of nitrogens with zero attached hydrogens (tertiary/aromatic N) is 22. The third kappa shape index (κ3) is 18.8. The largest absolute Gasteiger partial charge is 0.472 e. The number of halogens is 4. The van der Waals surface area contributed by atoms with Crippen LogP contribution in [-0.4, -0.2) is 208 Å². The average molecular weight is 1900 g/mol. The molecular formula is C88H86Br4N22O8. The molecule has 4 amide bonds. The van der Waals surface area contributed by atoms with E-state index in [9.17, 15) is 19.2 Å². The Morgan fingerprint density at radius 3 is 1.16 bits per heavy atom. The normalized spacial score (nSPS) is 22.6. The number of aryl methyl sites for hydroxylation is 4. The van der Waals surface area contributed by atoms with Gasteiger partial charge in [0.05, 0.1) is 65.6 Å². The van der Waals surface area contributed by atoms with Crippen LogP contribution >= 0.6 is 63.7 Å². The van der Waals surface area contributed by atoms with Crippen LogP contribution in [0.5, 0.6) is 23.5 Å². The van der Waals surface area contributed by atoms with Gasteiger partial charge in [0, 0.05) is 142 Å². The summed E-state index contributed by atoms with van der Waals surface area (Å²) in [6, 6.07) is 29.8. The highest BCUT2D eigenvalue weighted by molar-refractivity contribution is 9.11. The van der Waals surface area contributed by atoms with E-state index in [0.717, 1.165) is 144 Å². The van der Waals surface area contributed by atoms with E-state index < -0.39 is 0 Å². The summed E-state index contributed by atoms with van der Waals surface area (Å²) in [6.07, 6.45) is 34.9. The molecule has 12 fully saturated rings. The van der Waals surface area contributed by atoms with Crippen molar-refractivity contribution in [3.05, 3.63) is 247 Å². The molecule has 8 bridgehead atoms. The van der Waals surface area contributed by atoms with Gasteiger partial charge < -0.3 is 38.5 Å². The van der Waals surface area contributed by atoms with E-state index in [0.29, 0.717) is 104 Å². The molecule has 12 atom stereocenters. The zero-order valence-corrected chi connectivity index (χ0v) is 73.5. The summed E-state index contributed by atoms with van der Waals surface area (Å²) in [4.78, 5) is 118. The Balaban J connectivity index is 0.000000116. The van der Waals surface area contributed by atoms with E-state index in [2.05, 4.69) is 144 Å². The van der Waals surface area contributed by atoms with Gasteiger partial charge in [0.25, 0.3) is 23.6 Å². The summed E-state index contributed by atoms with van der Waals surface area (Å²) in [7, 11) is 0. The molecule has 30 nitrogen and oxygen atoms in total. The number of aromatic nitrogens is 18. The maximum atomic E-state index is 13.7. The summed E-state index contributed by atoms with van der Waals surface area (Å²) in [5.74, 6) is 5.14. The number of hydrogen-bond acceptors (Lipinski definition) is 24. The molecule has 0 radical (unpaired) electrons. The van der Waals surface area contributed by atoms with Crippen molar-refractivity contribution in [2.45, 2.75) is 153 Å². The van der Waals surface area contributed by atoms with Gasteiger partial charge in [0.15, 0.2) is 23.2 Å². The Labute approximate surface area is 737 Å². The topological polar surface area (TPSA) is 334 Å². The molecule has 8 saturated heterocycles. The van der Waals surface area contributed by atoms with Crippen molar-refractivity contribution in [1.82, 2.24) is 109 Å². The Morgan fingerprint density at radius 1 is 0.352 bits per heavy atom. The van der Waals surface area contributed by atoms with E-state index in [1.54, 1.807) is 98.9 Å². The lowest BCUT2D eigenvalue weighted by molar-refractivity contribution is -0.0316. The van der Waals surface area contributed by atoms with Gasteiger partial charge in [-0.2, -0.15) is 20.4 Å². The predicted molar refractivity (Wildman–Crippen MR) is 462 cm³/mol. The maximum Gasteiger partial charge on any atom is 0.275 e. The second-order valence-corrected chi connectivity index (χ2v) is 35.6. The van der Waals surface area contributed by atoms with Crippen LogP contribution in [0.4, 0.5) is 0 Å². The molecular weight excluding hydrogens is 1810 g/mol. The summed E-state index contributed by atoms with van der Waals surface area (Å²) in [5, 5.41) is 16.7.